The zero-order chi connectivity index (χ0) is 19.5. The van der Waals surface area contributed by atoms with Crippen molar-refractivity contribution >= 4 is 15.9 Å². The maximum atomic E-state index is 13.5. The summed E-state index contributed by atoms with van der Waals surface area (Å²) in [6, 6.07) is 2.91. The first-order valence-electron chi connectivity index (χ1n) is 7.23. The second-order valence-electron chi connectivity index (χ2n) is 5.34. The highest BCUT2D eigenvalue weighted by molar-refractivity contribution is 7.89. The molecule has 0 aliphatic carbocycles. The number of sulfonamides is 1. The molecule has 0 spiro atoms. The van der Waals surface area contributed by atoms with Gasteiger partial charge in [0.2, 0.25) is 10.0 Å². The van der Waals surface area contributed by atoms with Crippen molar-refractivity contribution in [3.63, 3.8) is 0 Å². The van der Waals surface area contributed by atoms with Crippen molar-refractivity contribution in [1.29, 1.82) is 0 Å². The van der Waals surface area contributed by atoms with E-state index in [-0.39, 0.29) is 25.2 Å². The summed E-state index contributed by atoms with van der Waals surface area (Å²) in [6.07, 6.45) is -5.04. The van der Waals surface area contributed by atoms with Crippen molar-refractivity contribution in [2.45, 2.75) is 17.6 Å². The van der Waals surface area contributed by atoms with Gasteiger partial charge in [0.05, 0.1) is 11.4 Å². The third-order valence-electron chi connectivity index (χ3n) is 3.72. The second kappa shape index (κ2) is 7.48. The molecule has 1 amide bonds. The second-order valence-corrected chi connectivity index (χ2v) is 7.24. The summed E-state index contributed by atoms with van der Waals surface area (Å²) in [7, 11) is -4.24. The van der Waals surface area contributed by atoms with Crippen LogP contribution in [0.15, 0.2) is 28.2 Å². The van der Waals surface area contributed by atoms with E-state index in [0.29, 0.717) is 4.90 Å². The number of nitrogens with zero attached hydrogens (tertiary/aromatic N) is 5. The highest BCUT2D eigenvalue weighted by Crippen LogP contribution is 2.25. The molecule has 1 heterocycles. The molecule has 2 rings (SSSR count). The van der Waals surface area contributed by atoms with E-state index in [4.69, 9.17) is 5.53 Å². The van der Waals surface area contributed by atoms with Gasteiger partial charge >= 0.3 is 12.1 Å². The van der Waals surface area contributed by atoms with Crippen LogP contribution in [0.25, 0.3) is 10.4 Å². The van der Waals surface area contributed by atoms with Crippen LogP contribution in [-0.4, -0.2) is 55.9 Å². The molecule has 0 radical (unpaired) electrons. The Morgan fingerprint density at radius 1 is 1.23 bits per heavy atom. The molecule has 1 aliphatic rings. The minimum Gasteiger partial charge on any atom is -0.332 e. The molecular formula is C13H13F4N5O3S. The largest absolute Gasteiger partial charge is 0.471 e. The van der Waals surface area contributed by atoms with Crippen molar-refractivity contribution < 1.29 is 30.8 Å². The van der Waals surface area contributed by atoms with E-state index in [9.17, 15) is 30.8 Å². The maximum absolute atomic E-state index is 13.5. The summed E-state index contributed by atoms with van der Waals surface area (Å²) in [5.41, 5.74) is 8.42. The lowest BCUT2D eigenvalue weighted by atomic mass is 10.2. The topological polar surface area (TPSA) is 106 Å². The maximum Gasteiger partial charge on any atom is 0.471 e. The highest BCUT2D eigenvalue weighted by Gasteiger charge is 2.44. The number of benzene rings is 1. The lowest BCUT2D eigenvalue weighted by Crippen LogP contribution is -2.53. The molecule has 0 saturated carbocycles. The summed E-state index contributed by atoms with van der Waals surface area (Å²) >= 11 is 0. The van der Waals surface area contributed by atoms with Crippen LogP contribution in [0.4, 0.5) is 17.6 Å². The quantitative estimate of drug-likeness (QED) is 0.337. The number of azide groups is 1. The summed E-state index contributed by atoms with van der Waals surface area (Å²) in [5, 5.41) is 3.25. The van der Waals surface area contributed by atoms with E-state index >= 15 is 0 Å². The lowest BCUT2D eigenvalue weighted by molar-refractivity contribution is -0.186. The van der Waals surface area contributed by atoms with Gasteiger partial charge in [-0.1, -0.05) is 11.2 Å². The van der Waals surface area contributed by atoms with E-state index in [1.54, 1.807) is 0 Å². The minimum absolute atomic E-state index is 0.0537. The van der Waals surface area contributed by atoms with Crippen LogP contribution in [0, 0.1) is 5.82 Å². The van der Waals surface area contributed by atoms with E-state index < -0.39 is 45.9 Å². The Morgan fingerprint density at radius 2 is 1.85 bits per heavy atom. The molecular weight excluding hydrogens is 382 g/mol. The molecule has 142 valence electrons. The smallest absolute Gasteiger partial charge is 0.332 e. The molecule has 0 unspecified atom stereocenters. The van der Waals surface area contributed by atoms with Gasteiger partial charge in [-0.05, 0) is 23.2 Å². The summed E-state index contributed by atoms with van der Waals surface area (Å²) in [5.74, 6) is -2.87. The normalized spacial score (nSPS) is 16.2. The third kappa shape index (κ3) is 4.23. The Hall–Kier alpha value is -2.37. The molecule has 0 bridgehead atoms. The van der Waals surface area contributed by atoms with Crippen molar-refractivity contribution in [2.75, 3.05) is 26.2 Å². The van der Waals surface area contributed by atoms with E-state index in [0.717, 1.165) is 22.5 Å². The first kappa shape index (κ1) is 19.9. The summed E-state index contributed by atoms with van der Waals surface area (Å²) < 4.78 is 77.1. The van der Waals surface area contributed by atoms with Gasteiger partial charge in [0.15, 0.2) is 0 Å². The van der Waals surface area contributed by atoms with E-state index in [1.165, 1.54) is 0 Å². The lowest BCUT2D eigenvalue weighted by Gasteiger charge is -2.34. The van der Waals surface area contributed by atoms with Crippen LogP contribution in [0.2, 0.25) is 0 Å². The number of carbonyl (C=O) groups excluding carboxylic acids is 1. The monoisotopic (exact) mass is 395 g/mol. The summed E-state index contributed by atoms with van der Waals surface area (Å²) in [4.78, 5) is 13.8. The van der Waals surface area contributed by atoms with Gasteiger partial charge < -0.3 is 4.90 Å². The minimum atomic E-state index is -5.04. The van der Waals surface area contributed by atoms with Crippen LogP contribution in [0.5, 0.6) is 0 Å². The van der Waals surface area contributed by atoms with Gasteiger partial charge in [-0.25, -0.2) is 12.8 Å². The van der Waals surface area contributed by atoms with Gasteiger partial charge in [0.1, 0.15) is 5.82 Å². The first-order valence-corrected chi connectivity index (χ1v) is 8.67. The Kier molecular flexibility index (Phi) is 5.74. The van der Waals surface area contributed by atoms with E-state index in [1.807, 2.05) is 0 Å². The fourth-order valence-electron chi connectivity index (χ4n) is 2.46. The fourth-order valence-corrected chi connectivity index (χ4v) is 4.10. The molecule has 13 heteroatoms. The van der Waals surface area contributed by atoms with Gasteiger partial charge in [0, 0.05) is 31.1 Å². The molecule has 1 aliphatic heterocycles. The van der Waals surface area contributed by atoms with Crippen LogP contribution < -0.4 is 0 Å². The number of piperazine rings is 1. The average molecular weight is 395 g/mol. The Bertz CT molecular complexity index is 844. The Balaban J connectivity index is 2.23. The fraction of sp³-hybridized carbons (Fsp3) is 0.462. The molecule has 8 nitrogen and oxygen atoms in total. The van der Waals surface area contributed by atoms with Crippen LogP contribution in [0.1, 0.15) is 5.56 Å². The molecule has 1 aromatic carbocycles. The Morgan fingerprint density at radius 3 is 2.38 bits per heavy atom. The molecule has 1 fully saturated rings. The Labute approximate surface area is 145 Å². The molecule has 0 N–H and O–H groups in total. The van der Waals surface area contributed by atoms with Gasteiger partial charge in [0.25, 0.3) is 0 Å². The van der Waals surface area contributed by atoms with Crippen molar-refractivity contribution in [2.24, 2.45) is 5.11 Å². The number of amides is 1. The molecule has 1 aromatic rings. The van der Waals surface area contributed by atoms with Gasteiger partial charge in [-0.2, -0.15) is 17.5 Å². The zero-order valence-corrected chi connectivity index (χ0v) is 14.0. The number of halogens is 4. The predicted molar refractivity (Wildman–Crippen MR) is 80.6 cm³/mol. The van der Waals surface area contributed by atoms with Crippen molar-refractivity contribution in [3.05, 3.63) is 40.0 Å². The number of carbonyl (C=O) groups is 1. The van der Waals surface area contributed by atoms with Gasteiger partial charge in [-0.3, -0.25) is 4.79 Å². The van der Waals surface area contributed by atoms with Gasteiger partial charge in [-0.15, -0.1) is 0 Å². The predicted octanol–water partition coefficient (Wildman–Crippen LogP) is 2.03. The highest BCUT2D eigenvalue weighted by atomic mass is 32.2. The first-order chi connectivity index (χ1) is 12.1. The summed E-state index contributed by atoms with van der Waals surface area (Å²) in [6.45, 7) is -1.97. The third-order valence-corrected chi connectivity index (χ3v) is 5.70. The molecule has 0 aromatic heterocycles. The van der Waals surface area contributed by atoms with Crippen LogP contribution >= 0.6 is 0 Å². The zero-order valence-electron chi connectivity index (χ0n) is 13.1. The van der Waals surface area contributed by atoms with E-state index in [2.05, 4.69) is 10.0 Å². The van der Waals surface area contributed by atoms with Crippen molar-refractivity contribution in [1.82, 2.24) is 9.21 Å². The number of hydrogen-bond donors (Lipinski definition) is 0. The van der Waals surface area contributed by atoms with Crippen LogP contribution in [0.3, 0.4) is 0 Å². The molecule has 1 saturated heterocycles. The number of hydrogen-bond acceptors (Lipinski definition) is 4. The van der Waals surface area contributed by atoms with Crippen LogP contribution in [-0.2, 0) is 21.4 Å². The molecule has 26 heavy (non-hydrogen) atoms. The molecule has 0 atom stereocenters. The SMILES string of the molecule is [N-]=[N+]=NCc1ccc(F)cc1S(=O)(=O)N1CCN(C(=O)C(F)(F)F)CC1. The number of rotatable bonds is 4. The average Bonchev–Trinajstić information content (AvgIpc) is 2.59. The number of alkyl halides is 3. The van der Waals surface area contributed by atoms with Crippen molar-refractivity contribution in [3.8, 4) is 0 Å². The standard InChI is InChI=1S/C13H13F4N5O3S/c14-10-2-1-9(8-19-20-18)11(7-10)26(24,25)22-5-3-21(4-6-22)12(23)13(15,16)17/h1-2,7H,3-6,8H2.